The Morgan fingerprint density at radius 3 is 2.77 bits per heavy atom. The van der Waals surface area contributed by atoms with Crippen LogP contribution >= 0.6 is 0 Å². The highest BCUT2D eigenvalue weighted by Gasteiger charge is 2.29. The highest BCUT2D eigenvalue weighted by atomic mass is 16.5. The molecule has 0 unspecified atom stereocenters. The number of carbonyl (C=O) groups is 1. The molecule has 0 aliphatic carbocycles. The molecule has 0 N–H and O–H groups in total. The fourth-order valence-corrected chi connectivity index (χ4v) is 3.74. The molecular formula is C26H32O4. The molecule has 3 rings (SSSR count). The lowest BCUT2D eigenvalue weighted by atomic mass is 9.78. The fraction of sp³-hybridized carbons (Fsp3) is 0.500. The Morgan fingerprint density at radius 2 is 2.00 bits per heavy atom. The highest BCUT2D eigenvalue weighted by molar-refractivity contribution is 5.69. The van der Waals surface area contributed by atoms with Gasteiger partial charge in [0, 0.05) is 24.0 Å². The molecule has 0 saturated heterocycles. The third kappa shape index (κ3) is 5.48. The van der Waals surface area contributed by atoms with Crippen LogP contribution in [0.1, 0.15) is 81.6 Å². The number of ether oxygens (including phenoxy) is 2. The molecule has 2 aromatic rings. The van der Waals surface area contributed by atoms with E-state index >= 15 is 0 Å². The number of hydrogen-bond acceptors (Lipinski definition) is 4. The average Bonchev–Trinajstić information content (AvgIpc) is 3.17. The summed E-state index contributed by atoms with van der Waals surface area (Å²) in [5.41, 5.74) is 3.57. The molecule has 4 nitrogen and oxygen atoms in total. The van der Waals surface area contributed by atoms with Crippen molar-refractivity contribution >= 4 is 5.97 Å². The predicted octanol–water partition coefficient (Wildman–Crippen LogP) is 5.58. The number of esters is 1. The van der Waals surface area contributed by atoms with E-state index in [4.69, 9.17) is 13.9 Å². The Bertz CT molecular complexity index is 940. The van der Waals surface area contributed by atoms with Crippen LogP contribution in [0.4, 0.5) is 0 Å². The van der Waals surface area contributed by atoms with Crippen molar-refractivity contribution in [3.63, 3.8) is 0 Å². The molecule has 0 saturated carbocycles. The minimum absolute atomic E-state index is 0.0949. The van der Waals surface area contributed by atoms with Crippen LogP contribution in [0.15, 0.2) is 28.7 Å². The molecule has 0 bridgehead atoms. The third-order valence-electron chi connectivity index (χ3n) is 5.64. The Hall–Kier alpha value is -2.67. The van der Waals surface area contributed by atoms with Crippen molar-refractivity contribution < 1.29 is 18.7 Å². The van der Waals surface area contributed by atoms with E-state index in [0.717, 1.165) is 55.8 Å². The molecule has 1 aliphatic rings. The van der Waals surface area contributed by atoms with Gasteiger partial charge in [-0.2, -0.15) is 0 Å². The predicted molar refractivity (Wildman–Crippen MR) is 118 cm³/mol. The van der Waals surface area contributed by atoms with Crippen LogP contribution in [-0.4, -0.2) is 19.2 Å². The summed E-state index contributed by atoms with van der Waals surface area (Å²) in [5, 5.41) is 0. The van der Waals surface area contributed by atoms with Crippen LogP contribution < -0.4 is 4.74 Å². The molecule has 1 aliphatic heterocycles. The van der Waals surface area contributed by atoms with Crippen LogP contribution in [0.2, 0.25) is 0 Å². The molecule has 0 radical (unpaired) electrons. The standard InChI is InChI=1S/C26H32O4/c1-5-19-18-24-23(26(3,4)15-16-29-24)17-20(19)11-12-22-14-13-21(30-22)9-7-8-10-25(27)28-6-2/h13-14,17-18H,5-10,15-16H2,1-4H3. The topological polar surface area (TPSA) is 48.7 Å². The normalized spacial score (nSPS) is 14.3. The van der Waals surface area contributed by atoms with Gasteiger partial charge in [0.05, 0.1) is 13.2 Å². The average molecular weight is 409 g/mol. The van der Waals surface area contributed by atoms with Gasteiger partial charge in [-0.05, 0) is 73.8 Å². The lowest BCUT2D eigenvalue weighted by Crippen LogP contribution is -2.27. The maximum Gasteiger partial charge on any atom is 0.305 e. The summed E-state index contributed by atoms with van der Waals surface area (Å²) >= 11 is 0. The summed E-state index contributed by atoms with van der Waals surface area (Å²) < 4.78 is 16.7. The molecule has 0 spiro atoms. The van der Waals surface area contributed by atoms with Gasteiger partial charge >= 0.3 is 5.97 Å². The lowest BCUT2D eigenvalue weighted by molar-refractivity contribution is -0.143. The van der Waals surface area contributed by atoms with Gasteiger partial charge in [0.15, 0.2) is 5.76 Å². The zero-order valence-electron chi connectivity index (χ0n) is 18.6. The second-order valence-electron chi connectivity index (χ2n) is 8.37. The van der Waals surface area contributed by atoms with Crippen LogP contribution in [0.5, 0.6) is 5.75 Å². The summed E-state index contributed by atoms with van der Waals surface area (Å²) in [4.78, 5) is 11.4. The van der Waals surface area contributed by atoms with Crippen molar-refractivity contribution in [3.8, 4) is 17.6 Å². The number of unbranched alkanes of at least 4 members (excludes halogenated alkanes) is 1. The molecule has 0 atom stereocenters. The number of furan rings is 1. The number of aryl methyl sites for hydroxylation is 2. The molecule has 160 valence electrons. The first kappa shape index (κ1) is 22.0. The third-order valence-corrected chi connectivity index (χ3v) is 5.64. The fourth-order valence-electron chi connectivity index (χ4n) is 3.74. The van der Waals surface area contributed by atoms with E-state index in [9.17, 15) is 4.79 Å². The van der Waals surface area contributed by atoms with Gasteiger partial charge in [-0.1, -0.05) is 26.7 Å². The number of rotatable bonds is 7. The number of benzene rings is 1. The molecule has 0 amide bonds. The molecule has 2 heterocycles. The van der Waals surface area contributed by atoms with E-state index in [0.29, 0.717) is 18.8 Å². The summed E-state index contributed by atoms with van der Waals surface area (Å²) in [6, 6.07) is 8.24. The van der Waals surface area contributed by atoms with Gasteiger partial charge in [-0.25, -0.2) is 0 Å². The van der Waals surface area contributed by atoms with Crippen LogP contribution in [-0.2, 0) is 27.8 Å². The lowest BCUT2D eigenvalue weighted by Gasteiger charge is -2.33. The van der Waals surface area contributed by atoms with E-state index in [-0.39, 0.29) is 11.4 Å². The Kier molecular flexibility index (Phi) is 7.26. The summed E-state index contributed by atoms with van der Waals surface area (Å²) in [6.07, 6.45) is 4.86. The second kappa shape index (κ2) is 9.89. The van der Waals surface area contributed by atoms with Crippen molar-refractivity contribution in [3.05, 3.63) is 52.5 Å². The zero-order valence-corrected chi connectivity index (χ0v) is 18.6. The first-order valence-electron chi connectivity index (χ1n) is 11.0. The van der Waals surface area contributed by atoms with E-state index in [1.165, 1.54) is 11.1 Å². The minimum atomic E-state index is -0.131. The van der Waals surface area contributed by atoms with Crippen molar-refractivity contribution in [2.45, 2.75) is 71.6 Å². The van der Waals surface area contributed by atoms with E-state index < -0.39 is 0 Å². The SMILES string of the molecule is CCOC(=O)CCCCc1ccc(C#Cc2cc3c(cc2CC)OCCC3(C)C)o1. The van der Waals surface area contributed by atoms with Crippen molar-refractivity contribution in [2.24, 2.45) is 0 Å². The summed E-state index contributed by atoms with van der Waals surface area (Å²) in [5.74, 6) is 8.94. The minimum Gasteiger partial charge on any atom is -0.493 e. The van der Waals surface area contributed by atoms with Crippen LogP contribution in [0.25, 0.3) is 0 Å². The highest BCUT2D eigenvalue weighted by Crippen LogP contribution is 2.39. The first-order valence-corrected chi connectivity index (χ1v) is 11.0. The Balaban J connectivity index is 1.67. The van der Waals surface area contributed by atoms with Crippen molar-refractivity contribution in [1.82, 2.24) is 0 Å². The van der Waals surface area contributed by atoms with Gasteiger partial charge in [-0.15, -0.1) is 0 Å². The number of fused-ring (bicyclic) bond motifs is 1. The molecular weight excluding hydrogens is 376 g/mol. The molecule has 30 heavy (non-hydrogen) atoms. The zero-order chi connectivity index (χ0) is 21.6. The second-order valence-corrected chi connectivity index (χ2v) is 8.37. The van der Waals surface area contributed by atoms with Crippen LogP contribution in [0, 0.1) is 11.8 Å². The first-order chi connectivity index (χ1) is 14.4. The number of carbonyl (C=O) groups excluding carboxylic acids is 1. The van der Waals surface area contributed by atoms with E-state index in [1.807, 2.05) is 19.1 Å². The van der Waals surface area contributed by atoms with Gasteiger partial charge in [0.2, 0.25) is 0 Å². The maximum atomic E-state index is 11.4. The summed E-state index contributed by atoms with van der Waals surface area (Å²) in [6.45, 7) is 9.69. The number of hydrogen-bond donors (Lipinski definition) is 0. The monoisotopic (exact) mass is 408 g/mol. The van der Waals surface area contributed by atoms with Gasteiger partial charge < -0.3 is 13.9 Å². The molecule has 0 fully saturated rings. The molecule has 1 aromatic carbocycles. The Labute approximate surface area is 180 Å². The van der Waals surface area contributed by atoms with Crippen LogP contribution in [0.3, 0.4) is 0 Å². The van der Waals surface area contributed by atoms with E-state index in [1.54, 1.807) is 0 Å². The molecule has 1 aromatic heterocycles. The molecule has 4 heteroatoms. The van der Waals surface area contributed by atoms with Gasteiger partial charge in [0.1, 0.15) is 11.5 Å². The summed E-state index contributed by atoms with van der Waals surface area (Å²) in [7, 11) is 0. The van der Waals surface area contributed by atoms with Gasteiger partial charge in [0.25, 0.3) is 0 Å². The van der Waals surface area contributed by atoms with Crippen molar-refractivity contribution in [2.75, 3.05) is 13.2 Å². The van der Waals surface area contributed by atoms with Gasteiger partial charge in [-0.3, -0.25) is 4.79 Å². The maximum absolute atomic E-state index is 11.4. The Morgan fingerprint density at radius 1 is 1.17 bits per heavy atom. The van der Waals surface area contributed by atoms with Crippen molar-refractivity contribution in [1.29, 1.82) is 0 Å². The largest absolute Gasteiger partial charge is 0.493 e. The smallest absolute Gasteiger partial charge is 0.305 e. The van der Waals surface area contributed by atoms with E-state index in [2.05, 4.69) is 44.7 Å². The quantitative estimate of drug-likeness (QED) is 0.341.